The molecule has 6 heteroatoms. The standard InChI is InChI=1S/C11H11N3O3/c15-9(16)6-14-5-1-2-8(14)11-13-12-10(17-11)7-3-4-7/h1-2,5,7H,3-4,6H2,(H,15,16). The van der Waals surface area contributed by atoms with Crippen molar-refractivity contribution < 1.29 is 14.3 Å². The maximum atomic E-state index is 10.7. The molecule has 1 aliphatic rings. The Hall–Kier alpha value is -2.11. The fourth-order valence-electron chi connectivity index (χ4n) is 1.73. The number of carboxylic acids is 1. The van der Waals surface area contributed by atoms with E-state index in [9.17, 15) is 4.79 Å². The van der Waals surface area contributed by atoms with Crippen LogP contribution in [0, 0.1) is 0 Å². The van der Waals surface area contributed by atoms with Gasteiger partial charge in [-0.15, -0.1) is 10.2 Å². The van der Waals surface area contributed by atoms with Crippen LogP contribution >= 0.6 is 0 Å². The number of hydrogen-bond acceptors (Lipinski definition) is 4. The highest BCUT2D eigenvalue weighted by Crippen LogP contribution is 2.39. The van der Waals surface area contributed by atoms with Gasteiger partial charge in [0.05, 0.1) is 0 Å². The number of hydrogen-bond donors (Lipinski definition) is 1. The van der Waals surface area contributed by atoms with E-state index in [0.717, 1.165) is 12.8 Å². The number of aromatic nitrogens is 3. The summed E-state index contributed by atoms with van der Waals surface area (Å²) in [4.78, 5) is 10.7. The lowest BCUT2D eigenvalue weighted by Gasteiger charge is -2.01. The molecule has 0 spiro atoms. The van der Waals surface area contributed by atoms with E-state index in [2.05, 4.69) is 10.2 Å². The number of carboxylic acid groups (broad SMARTS) is 1. The van der Waals surface area contributed by atoms with Gasteiger partial charge < -0.3 is 14.1 Å². The quantitative estimate of drug-likeness (QED) is 0.865. The van der Waals surface area contributed by atoms with Crippen molar-refractivity contribution in [3.05, 3.63) is 24.2 Å². The average molecular weight is 233 g/mol. The minimum absolute atomic E-state index is 0.108. The van der Waals surface area contributed by atoms with Gasteiger partial charge in [0.15, 0.2) is 0 Å². The van der Waals surface area contributed by atoms with Crippen molar-refractivity contribution in [2.45, 2.75) is 25.3 Å². The summed E-state index contributed by atoms with van der Waals surface area (Å²) in [5, 5.41) is 16.7. The van der Waals surface area contributed by atoms with E-state index >= 15 is 0 Å². The number of rotatable bonds is 4. The maximum absolute atomic E-state index is 10.7. The lowest BCUT2D eigenvalue weighted by atomic mass is 10.4. The van der Waals surface area contributed by atoms with Crippen molar-refractivity contribution in [1.82, 2.24) is 14.8 Å². The molecule has 2 heterocycles. The molecule has 0 bridgehead atoms. The molecule has 88 valence electrons. The second-order valence-corrected chi connectivity index (χ2v) is 4.13. The van der Waals surface area contributed by atoms with Crippen molar-refractivity contribution in [3.63, 3.8) is 0 Å². The highest BCUT2D eigenvalue weighted by molar-refractivity contribution is 5.67. The van der Waals surface area contributed by atoms with Crippen molar-refractivity contribution in [2.24, 2.45) is 0 Å². The van der Waals surface area contributed by atoms with Crippen molar-refractivity contribution in [3.8, 4) is 11.6 Å². The van der Waals surface area contributed by atoms with Crippen molar-refractivity contribution >= 4 is 5.97 Å². The molecule has 0 amide bonds. The smallest absolute Gasteiger partial charge is 0.323 e. The van der Waals surface area contributed by atoms with Gasteiger partial charge in [-0.3, -0.25) is 4.79 Å². The molecule has 1 aliphatic carbocycles. The fraction of sp³-hybridized carbons (Fsp3) is 0.364. The van der Waals surface area contributed by atoms with Crippen LogP contribution in [0.3, 0.4) is 0 Å². The first-order valence-corrected chi connectivity index (χ1v) is 5.45. The number of nitrogens with zero attached hydrogens (tertiary/aromatic N) is 3. The second kappa shape index (κ2) is 3.73. The minimum Gasteiger partial charge on any atom is -0.480 e. The van der Waals surface area contributed by atoms with Crippen LogP contribution in [0.4, 0.5) is 0 Å². The molecule has 1 fully saturated rings. The summed E-state index contributed by atoms with van der Waals surface area (Å²) in [6.07, 6.45) is 3.87. The summed E-state index contributed by atoms with van der Waals surface area (Å²) < 4.78 is 7.11. The first-order chi connectivity index (χ1) is 8.24. The first kappa shape index (κ1) is 10.1. The zero-order valence-electron chi connectivity index (χ0n) is 9.04. The van der Waals surface area contributed by atoms with Crippen LogP contribution in [0.1, 0.15) is 24.7 Å². The van der Waals surface area contributed by atoms with Crippen molar-refractivity contribution in [2.75, 3.05) is 0 Å². The number of aliphatic carboxylic acids is 1. The predicted molar refractivity (Wildman–Crippen MR) is 57.3 cm³/mol. The zero-order chi connectivity index (χ0) is 11.8. The topological polar surface area (TPSA) is 81.1 Å². The molecule has 0 saturated heterocycles. The third kappa shape index (κ3) is 1.93. The van der Waals surface area contributed by atoms with E-state index in [0.29, 0.717) is 23.4 Å². The summed E-state index contributed by atoms with van der Waals surface area (Å²) in [6.45, 7) is -0.108. The monoisotopic (exact) mass is 233 g/mol. The molecule has 0 aliphatic heterocycles. The van der Waals surface area contributed by atoms with Crippen molar-refractivity contribution in [1.29, 1.82) is 0 Å². The summed E-state index contributed by atoms with van der Waals surface area (Å²) >= 11 is 0. The van der Waals surface area contributed by atoms with Crippen LogP contribution in [-0.4, -0.2) is 25.8 Å². The molecule has 1 saturated carbocycles. The molecule has 6 nitrogen and oxygen atoms in total. The Kier molecular flexibility index (Phi) is 2.21. The molecule has 2 aromatic rings. The Bertz CT molecular complexity index is 554. The normalized spacial score (nSPS) is 15.1. The molecular weight excluding hydrogens is 222 g/mol. The highest BCUT2D eigenvalue weighted by atomic mass is 16.4. The van der Waals surface area contributed by atoms with E-state index in [4.69, 9.17) is 9.52 Å². The van der Waals surface area contributed by atoms with Gasteiger partial charge in [0.2, 0.25) is 5.89 Å². The molecule has 0 unspecified atom stereocenters. The minimum atomic E-state index is -0.899. The van der Waals surface area contributed by atoms with Gasteiger partial charge in [-0.2, -0.15) is 0 Å². The molecule has 17 heavy (non-hydrogen) atoms. The molecule has 0 radical (unpaired) electrons. The Balaban J connectivity index is 1.91. The van der Waals surface area contributed by atoms with Crippen LogP contribution in [0.15, 0.2) is 22.7 Å². The van der Waals surface area contributed by atoms with Gasteiger partial charge in [-0.25, -0.2) is 0 Å². The van der Waals surface area contributed by atoms with Crippen LogP contribution in [-0.2, 0) is 11.3 Å². The highest BCUT2D eigenvalue weighted by Gasteiger charge is 2.29. The summed E-state index contributed by atoms with van der Waals surface area (Å²) in [5.41, 5.74) is 0.645. The summed E-state index contributed by atoms with van der Waals surface area (Å²) in [6, 6.07) is 3.53. The molecule has 3 rings (SSSR count). The molecule has 1 N–H and O–H groups in total. The van der Waals surface area contributed by atoms with E-state index in [1.165, 1.54) is 0 Å². The van der Waals surface area contributed by atoms with E-state index in [1.807, 2.05) is 0 Å². The third-order valence-electron chi connectivity index (χ3n) is 2.72. The van der Waals surface area contributed by atoms with Gasteiger partial charge in [-0.1, -0.05) is 0 Å². The summed E-state index contributed by atoms with van der Waals surface area (Å²) in [5.74, 6) is 0.546. The van der Waals surface area contributed by atoms with Crippen LogP contribution in [0.25, 0.3) is 11.6 Å². The van der Waals surface area contributed by atoms with E-state index in [1.54, 1.807) is 22.9 Å². The largest absolute Gasteiger partial charge is 0.480 e. The maximum Gasteiger partial charge on any atom is 0.323 e. The van der Waals surface area contributed by atoms with E-state index in [-0.39, 0.29) is 6.54 Å². The SMILES string of the molecule is O=C(O)Cn1cccc1-c1nnc(C2CC2)o1. The van der Waals surface area contributed by atoms with Crippen LogP contribution in [0.5, 0.6) is 0 Å². The lowest BCUT2D eigenvalue weighted by molar-refractivity contribution is -0.137. The Morgan fingerprint density at radius 3 is 3.06 bits per heavy atom. The van der Waals surface area contributed by atoms with Gasteiger partial charge in [0.1, 0.15) is 12.2 Å². The van der Waals surface area contributed by atoms with Gasteiger partial charge in [0, 0.05) is 12.1 Å². The molecule has 2 aromatic heterocycles. The lowest BCUT2D eigenvalue weighted by Crippen LogP contribution is -2.08. The first-order valence-electron chi connectivity index (χ1n) is 5.45. The Labute approximate surface area is 96.9 Å². The third-order valence-corrected chi connectivity index (χ3v) is 2.72. The molecule has 0 aromatic carbocycles. The summed E-state index contributed by atoms with van der Waals surface area (Å²) in [7, 11) is 0. The molecular formula is C11H11N3O3. The van der Waals surface area contributed by atoms with Crippen LogP contribution in [0.2, 0.25) is 0 Å². The number of carbonyl (C=O) groups is 1. The average Bonchev–Trinajstić information content (AvgIpc) is 2.85. The second-order valence-electron chi connectivity index (χ2n) is 4.13. The van der Waals surface area contributed by atoms with Gasteiger partial charge in [0.25, 0.3) is 5.89 Å². The van der Waals surface area contributed by atoms with Gasteiger partial charge in [-0.05, 0) is 25.0 Å². The molecule has 0 atom stereocenters. The zero-order valence-corrected chi connectivity index (χ0v) is 9.04. The Morgan fingerprint density at radius 2 is 2.35 bits per heavy atom. The Morgan fingerprint density at radius 1 is 1.53 bits per heavy atom. The fourth-order valence-corrected chi connectivity index (χ4v) is 1.73. The van der Waals surface area contributed by atoms with Gasteiger partial charge >= 0.3 is 5.97 Å². The van der Waals surface area contributed by atoms with E-state index < -0.39 is 5.97 Å². The van der Waals surface area contributed by atoms with Crippen LogP contribution < -0.4 is 0 Å². The predicted octanol–water partition coefficient (Wildman–Crippen LogP) is 1.50.